The molecule has 4 aliphatic rings. The molecule has 10 atom stereocenters. The topological polar surface area (TPSA) is 143 Å². The largest absolute Gasteiger partial charge is 0.459 e. The molecule has 2 saturated heterocycles. The van der Waals surface area contributed by atoms with Crippen LogP contribution in [0, 0.1) is 17.3 Å². The van der Waals surface area contributed by atoms with Gasteiger partial charge in [0.2, 0.25) is 0 Å². The maximum atomic E-state index is 12.7. The Morgan fingerprint density at radius 1 is 1.19 bits per heavy atom. The Kier molecular flexibility index (Phi) is 4.94. The van der Waals surface area contributed by atoms with Crippen LogP contribution in [0.2, 0.25) is 0 Å². The number of esters is 2. The second-order valence-electron chi connectivity index (χ2n) is 9.88. The van der Waals surface area contributed by atoms with E-state index >= 15 is 0 Å². The lowest BCUT2D eigenvalue weighted by atomic mass is 9.53. The first kappa shape index (κ1) is 22.4. The minimum Gasteiger partial charge on any atom is -0.459 e. The molecule has 2 heterocycles. The van der Waals surface area contributed by atoms with E-state index in [1.54, 1.807) is 26.8 Å². The van der Waals surface area contributed by atoms with Crippen molar-refractivity contribution in [2.75, 3.05) is 0 Å². The molecule has 0 aromatic rings. The Labute approximate surface area is 180 Å². The lowest BCUT2D eigenvalue weighted by molar-refractivity contribution is -0.215. The summed E-state index contributed by atoms with van der Waals surface area (Å²) in [5, 5.41) is 33.8. The molecule has 2 aliphatic heterocycles. The highest BCUT2D eigenvalue weighted by atomic mass is 16.7. The molecule has 0 amide bonds. The van der Waals surface area contributed by atoms with Gasteiger partial charge in [-0.1, -0.05) is 19.4 Å². The van der Waals surface area contributed by atoms with Crippen LogP contribution in [0.25, 0.3) is 0 Å². The standard InChI is InChI=1S/C22H30O9/c1-9-6-13(25)18(29-11(3)23)20(4)14(26)8-12(24)10(2)16(20)17(27)22-15(7-9)30-19(28)21(22,5)31-22/h7,10,13-18,25-27H,6,8H2,1-5H3/b9-7-/t10-,13+,14-,15-,16+,17-,18-,20-,21-,22-/m0/s1. The van der Waals surface area contributed by atoms with Gasteiger partial charge in [-0.15, -0.1) is 0 Å². The zero-order valence-electron chi connectivity index (χ0n) is 18.3. The molecule has 9 heteroatoms. The number of ether oxygens (including phenoxy) is 3. The molecule has 0 aromatic carbocycles. The number of carbonyl (C=O) groups excluding carboxylic acids is 3. The van der Waals surface area contributed by atoms with Gasteiger partial charge in [0, 0.05) is 30.6 Å². The van der Waals surface area contributed by atoms with Crippen molar-refractivity contribution in [1.29, 1.82) is 0 Å². The fourth-order valence-electron chi connectivity index (χ4n) is 6.21. The SMILES string of the molecule is CC(=O)O[C@H]1[C@H](O)C/C(C)=C\[C@@H]2OC(=O)[C@]3(C)O[C@]23[C@@H](O)[C@H]2[C@@H](C)C(=O)C[C@H](O)[C@@]21C. The third-order valence-corrected chi connectivity index (χ3v) is 8.00. The third-order valence-electron chi connectivity index (χ3n) is 8.00. The summed E-state index contributed by atoms with van der Waals surface area (Å²) in [5.41, 5.74) is -3.58. The summed E-state index contributed by atoms with van der Waals surface area (Å²) in [6.07, 6.45) is -4.54. The number of ketones is 1. The Bertz CT molecular complexity index is 867. The van der Waals surface area contributed by atoms with E-state index < -0.39 is 70.9 Å². The predicted molar refractivity (Wildman–Crippen MR) is 104 cm³/mol. The minimum absolute atomic E-state index is 0.0756. The van der Waals surface area contributed by atoms with Crippen LogP contribution >= 0.6 is 0 Å². The smallest absolute Gasteiger partial charge is 0.342 e. The Morgan fingerprint density at radius 3 is 2.42 bits per heavy atom. The fraction of sp³-hybridized carbons (Fsp3) is 0.773. The zero-order valence-corrected chi connectivity index (χ0v) is 18.3. The summed E-state index contributed by atoms with van der Waals surface area (Å²) >= 11 is 0. The molecular weight excluding hydrogens is 408 g/mol. The van der Waals surface area contributed by atoms with E-state index in [4.69, 9.17) is 14.2 Å². The van der Waals surface area contributed by atoms with Crippen molar-refractivity contribution in [3.05, 3.63) is 11.6 Å². The third kappa shape index (κ3) is 2.79. The second kappa shape index (κ2) is 6.84. The number of rotatable bonds is 1. The first-order valence-corrected chi connectivity index (χ1v) is 10.6. The van der Waals surface area contributed by atoms with Gasteiger partial charge in [0.25, 0.3) is 0 Å². The van der Waals surface area contributed by atoms with Crippen LogP contribution in [0.15, 0.2) is 11.6 Å². The van der Waals surface area contributed by atoms with Gasteiger partial charge in [0.05, 0.1) is 18.3 Å². The van der Waals surface area contributed by atoms with Crippen molar-refractivity contribution >= 4 is 17.7 Å². The van der Waals surface area contributed by atoms with Gasteiger partial charge in [-0.05, 0) is 26.3 Å². The van der Waals surface area contributed by atoms with E-state index in [-0.39, 0.29) is 18.6 Å². The van der Waals surface area contributed by atoms with Gasteiger partial charge in [-0.25, -0.2) is 4.79 Å². The monoisotopic (exact) mass is 438 g/mol. The van der Waals surface area contributed by atoms with Crippen molar-refractivity contribution in [2.24, 2.45) is 17.3 Å². The van der Waals surface area contributed by atoms with Crippen molar-refractivity contribution in [1.82, 2.24) is 0 Å². The number of aliphatic hydroxyl groups excluding tert-OH is 3. The Morgan fingerprint density at radius 2 is 1.84 bits per heavy atom. The van der Waals surface area contributed by atoms with Crippen LogP contribution in [-0.2, 0) is 28.6 Å². The first-order chi connectivity index (χ1) is 14.3. The number of fused-ring (bicyclic) bond motifs is 1. The van der Waals surface area contributed by atoms with Crippen LogP contribution in [0.5, 0.6) is 0 Å². The summed E-state index contributed by atoms with van der Waals surface area (Å²) in [4.78, 5) is 37.2. The van der Waals surface area contributed by atoms with E-state index in [1.807, 2.05) is 0 Å². The average Bonchev–Trinajstić information content (AvgIpc) is 3.25. The molecule has 0 unspecified atom stereocenters. The Balaban J connectivity index is 1.93. The van der Waals surface area contributed by atoms with Gasteiger partial charge in [-0.3, -0.25) is 9.59 Å². The van der Waals surface area contributed by atoms with Gasteiger partial charge in [-0.2, -0.15) is 0 Å². The normalized spacial score (nSPS) is 53.3. The molecule has 9 nitrogen and oxygen atoms in total. The molecule has 0 bridgehead atoms. The van der Waals surface area contributed by atoms with E-state index in [1.165, 1.54) is 13.8 Å². The molecule has 0 radical (unpaired) electrons. The lowest BCUT2D eigenvalue weighted by Gasteiger charge is -2.54. The van der Waals surface area contributed by atoms with E-state index in [2.05, 4.69) is 0 Å². The summed E-state index contributed by atoms with van der Waals surface area (Å²) in [6.45, 7) is 7.70. The number of Topliss-reactive ketones (excluding diaryl/α,β-unsaturated/α-hetero) is 1. The maximum Gasteiger partial charge on any atom is 0.342 e. The van der Waals surface area contributed by atoms with E-state index in [0.29, 0.717) is 5.57 Å². The molecule has 1 saturated carbocycles. The molecule has 172 valence electrons. The zero-order chi connectivity index (χ0) is 23.1. The van der Waals surface area contributed by atoms with Gasteiger partial charge >= 0.3 is 11.9 Å². The van der Waals surface area contributed by atoms with Crippen molar-refractivity contribution in [2.45, 2.75) is 89.2 Å². The summed E-state index contributed by atoms with van der Waals surface area (Å²) in [5.74, 6) is -3.27. The minimum atomic E-state index is -1.44. The van der Waals surface area contributed by atoms with E-state index in [0.717, 1.165) is 0 Å². The highest BCUT2D eigenvalue weighted by molar-refractivity contribution is 5.89. The van der Waals surface area contributed by atoms with Crippen LogP contribution < -0.4 is 0 Å². The van der Waals surface area contributed by atoms with Crippen molar-refractivity contribution in [3.63, 3.8) is 0 Å². The number of hydrogen-bond donors (Lipinski definition) is 3. The predicted octanol–water partition coefficient (Wildman–Crippen LogP) is 0.0353. The molecule has 2 aliphatic carbocycles. The highest BCUT2D eigenvalue weighted by Gasteiger charge is 2.86. The maximum absolute atomic E-state index is 12.7. The van der Waals surface area contributed by atoms with Crippen LogP contribution in [0.1, 0.15) is 47.5 Å². The fourth-order valence-corrected chi connectivity index (χ4v) is 6.21. The Hall–Kier alpha value is -1.81. The summed E-state index contributed by atoms with van der Waals surface area (Å²) < 4.78 is 16.9. The number of hydrogen-bond acceptors (Lipinski definition) is 9. The van der Waals surface area contributed by atoms with Crippen molar-refractivity contribution in [3.8, 4) is 0 Å². The van der Waals surface area contributed by atoms with Gasteiger partial charge in [0.1, 0.15) is 11.9 Å². The molecule has 3 fully saturated rings. The average molecular weight is 438 g/mol. The molecule has 1 spiro atoms. The summed E-state index contributed by atoms with van der Waals surface area (Å²) in [7, 11) is 0. The number of aliphatic hydroxyl groups is 3. The molecular formula is C22H30O9. The molecule has 4 rings (SSSR count). The van der Waals surface area contributed by atoms with E-state index in [9.17, 15) is 29.7 Å². The number of epoxide rings is 1. The van der Waals surface area contributed by atoms with Crippen LogP contribution in [0.4, 0.5) is 0 Å². The number of carbonyl (C=O) groups is 3. The molecule has 31 heavy (non-hydrogen) atoms. The van der Waals surface area contributed by atoms with Crippen molar-refractivity contribution < 1.29 is 43.9 Å². The molecule has 3 N–H and O–H groups in total. The highest BCUT2D eigenvalue weighted by Crippen LogP contribution is 2.64. The van der Waals surface area contributed by atoms with Crippen LogP contribution in [0.3, 0.4) is 0 Å². The van der Waals surface area contributed by atoms with Gasteiger partial charge < -0.3 is 29.5 Å². The lowest BCUT2D eigenvalue weighted by Crippen LogP contribution is -2.66. The summed E-state index contributed by atoms with van der Waals surface area (Å²) in [6, 6.07) is 0. The first-order valence-electron chi connectivity index (χ1n) is 10.6. The van der Waals surface area contributed by atoms with Gasteiger partial charge in [0.15, 0.2) is 17.3 Å². The molecule has 0 aromatic heterocycles. The second-order valence-corrected chi connectivity index (χ2v) is 9.88. The van der Waals surface area contributed by atoms with Crippen LogP contribution in [-0.4, -0.2) is 74.8 Å². The quantitative estimate of drug-likeness (QED) is 0.294.